The molecule has 3 N–H and O–H groups in total. The smallest absolute Gasteiger partial charge is 0.137 e. The fourth-order valence-corrected chi connectivity index (χ4v) is 2.07. The molecule has 1 heterocycles. The van der Waals surface area contributed by atoms with Crippen LogP contribution in [-0.2, 0) is 4.74 Å². The van der Waals surface area contributed by atoms with Crippen LogP contribution in [0.5, 0.6) is 0 Å². The van der Waals surface area contributed by atoms with Crippen LogP contribution in [0.1, 0.15) is 6.92 Å². The molecule has 5 heteroatoms. The van der Waals surface area contributed by atoms with E-state index in [2.05, 4.69) is 0 Å². The van der Waals surface area contributed by atoms with Crippen molar-refractivity contribution in [1.29, 1.82) is 0 Å². The highest BCUT2D eigenvalue weighted by molar-refractivity contribution is 14.1. The average molecular weight is 288 g/mol. The Kier molecular flexibility index (Phi) is 3.72. The van der Waals surface area contributed by atoms with Crippen molar-refractivity contribution in [1.82, 2.24) is 0 Å². The van der Waals surface area contributed by atoms with E-state index in [-0.39, 0.29) is 18.6 Å². The molecule has 12 heavy (non-hydrogen) atoms. The molecular formula is C7H13IO4. The van der Waals surface area contributed by atoms with Crippen molar-refractivity contribution >= 4 is 22.6 Å². The van der Waals surface area contributed by atoms with Crippen LogP contribution in [-0.4, -0.2) is 44.3 Å². The molecule has 5 atom stereocenters. The van der Waals surface area contributed by atoms with Gasteiger partial charge in [-0.3, -0.25) is 0 Å². The first-order valence-electron chi connectivity index (χ1n) is 3.84. The predicted molar refractivity (Wildman–Crippen MR) is 50.9 cm³/mol. The van der Waals surface area contributed by atoms with E-state index in [9.17, 15) is 10.2 Å². The maximum Gasteiger partial charge on any atom is 0.137 e. The summed E-state index contributed by atoms with van der Waals surface area (Å²) in [5.74, 6) is -0.226. The summed E-state index contributed by atoms with van der Waals surface area (Å²) in [4.78, 5) is 0. The lowest BCUT2D eigenvalue weighted by atomic mass is 9.92. The van der Waals surface area contributed by atoms with Crippen LogP contribution in [0, 0.1) is 5.92 Å². The van der Waals surface area contributed by atoms with Gasteiger partial charge in [0.05, 0.1) is 18.8 Å². The molecule has 0 bridgehead atoms. The third-order valence-electron chi connectivity index (χ3n) is 2.23. The van der Waals surface area contributed by atoms with Crippen LogP contribution in [0.15, 0.2) is 0 Å². The molecule has 0 radical (unpaired) electrons. The minimum Gasteiger partial charge on any atom is -0.394 e. The summed E-state index contributed by atoms with van der Waals surface area (Å²) >= 11 is 1.90. The van der Waals surface area contributed by atoms with E-state index in [0.717, 1.165) is 0 Å². The summed E-state index contributed by atoms with van der Waals surface area (Å²) in [5, 5.41) is 27.7. The molecule has 0 amide bonds. The number of hydrogen-bond acceptors (Lipinski definition) is 4. The SMILES string of the molecule is C[C@@H]1C(CO)OC(I)C(O)[C@H]1O. The van der Waals surface area contributed by atoms with Crippen LogP contribution < -0.4 is 0 Å². The highest BCUT2D eigenvalue weighted by Gasteiger charge is 2.40. The Labute approximate surface area is 84.7 Å². The molecule has 0 aromatic heterocycles. The molecule has 1 saturated heterocycles. The van der Waals surface area contributed by atoms with E-state index in [1.54, 1.807) is 6.92 Å². The summed E-state index contributed by atoms with van der Waals surface area (Å²) in [5.41, 5.74) is 0. The number of ether oxygens (including phenoxy) is 1. The Morgan fingerprint density at radius 3 is 2.42 bits per heavy atom. The summed E-state index contributed by atoms with van der Waals surface area (Å²) in [6.07, 6.45) is -2.04. The molecule has 72 valence electrons. The van der Waals surface area contributed by atoms with Crippen molar-refractivity contribution in [3.63, 3.8) is 0 Å². The van der Waals surface area contributed by atoms with Gasteiger partial charge in [-0.15, -0.1) is 0 Å². The number of rotatable bonds is 1. The standard InChI is InChI=1S/C7H13IO4/c1-3-4(2-9)12-7(8)6(11)5(3)10/h3-7,9-11H,2H2,1H3/t3-,4?,5+,6?,7?/m1/s1. The van der Waals surface area contributed by atoms with E-state index in [1.807, 2.05) is 22.6 Å². The van der Waals surface area contributed by atoms with Gasteiger partial charge < -0.3 is 20.1 Å². The molecular weight excluding hydrogens is 275 g/mol. The molecule has 0 spiro atoms. The van der Waals surface area contributed by atoms with E-state index < -0.39 is 16.3 Å². The Balaban J connectivity index is 2.63. The van der Waals surface area contributed by atoms with Crippen molar-refractivity contribution in [2.24, 2.45) is 5.92 Å². The fourth-order valence-electron chi connectivity index (χ4n) is 1.27. The van der Waals surface area contributed by atoms with Gasteiger partial charge in [-0.05, 0) is 22.6 Å². The van der Waals surface area contributed by atoms with Gasteiger partial charge >= 0.3 is 0 Å². The highest BCUT2D eigenvalue weighted by Crippen LogP contribution is 2.28. The molecule has 1 aliphatic rings. The quantitative estimate of drug-likeness (QED) is 0.449. The van der Waals surface area contributed by atoms with Crippen molar-refractivity contribution in [3.8, 4) is 0 Å². The van der Waals surface area contributed by atoms with Gasteiger partial charge in [-0.2, -0.15) is 0 Å². The number of aliphatic hydroxyl groups is 3. The van der Waals surface area contributed by atoms with Crippen LogP contribution in [0.4, 0.5) is 0 Å². The third-order valence-corrected chi connectivity index (χ3v) is 3.26. The first-order valence-corrected chi connectivity index (χ1v) is 5.09. The lowest BCUT2D eigenvalue weighted by Crippen LogP contribution is -2.52. The van der Waals surface area contributed by atoms with Gasteiger partial charge in [0, 0.05) is 5.92 Å². The minimum absolute atomic E-state index is 0.121. The summed E-state index contributed by atoms with van der Waals surface area (Å²) in [6.45, 7) is 1.63. The molecule has 4 nitrogen and oxygen atoms in total. The van der Waals surface area contributed by atoms with Crippen molar-refractivity contribution in [2.45, 2.75) is 29.3 Å². The van der Waals surface area contributed by atoms with Crippen LogP contribution >= 0.6 is 22.6 Å². The Hall–Kier alpha value is 0.570. The number of hydrogen-bond donors (Lipinski definition) is 3. The summed E-state index contributed by atoms with van der Waals surface area (Å²) in [7, 11) is 0. The molecule has 1 rings (SSSR count). The predicted octanol–water partition coefficient (Wildman–Crippen LogP) is -0.503. The zero-order valence-electron chi connectivity index (χ0n) is 6.72. The zero-order chi connectivity index (χ0) is 9.30. The molecule has 1 fully saturated rings. The van der Waals surface area contributed by atoms with E-state index >= 15 is 0 Å². The van der Waals surface area contributed by atoms with Gasteiger partial charge in [0.15, 0.2) is 0 Å². The molecule has 0 aromatic rings. The molecule has 0 saturated carbocycles. The topological polar surface area (TPSA) is 69.9 Å². The second-order valence-corrected chi connectivity index (χ2v) is 4.28. The van der Waals surface area contributed by atoms with Crippen LogP contribution in [0.25, 0.3) is 0 Å². The maximum atomic E-state index is 9.47. The third kappa shape index (κ3) is 1.90. The Bertz CT molecular complexity index is 150. The number of halogens is 1. The molecule has 0 aliphatic carbocycles. The summed E-state index contributed by atoms with van der Waals surface area (Å²) in [6, 6.07) is 0. The van der Waals surface area contributed by atoms with Gasteiger partial charge in [-0.1, -0.05) is 6.92 Å². The van der Waals surface area contributed by atoms with Gasteiger partial charge in [0.1, 0.15) is 10.2 Å². The Morgan fingerprint density at radius 2 is 1.92 bits per heavy atom. The lowest BCUT2D eigenvalue weighted by Gasteiger charge is -2.38. The zero-order valence-corrected chi connectivity index (χ0v) is 8.88. The first kappa shape index (κ1) is 10.6. The minimum atomic E-state index is -0.858. The Morgan fingerprint density at radius 1 is 1.33 bits per heavy atom. The van der Waals surface area contributed by atoms with E-state index in [4.69, 9.17) is 9.84 Å². The van der Waals surface area contributed by atoms with E-state index in [0.29, 0.717) is 0 Å². The molecule has 1 aliphatic heterocycles. The largest absolute Gasteiger partial charge is 0.394 e. The van der Waals surface area contributed by atoms with Crippen LogP contribution in [0.2, 0.25) is 0 Å². The monoisotopic (exact) mass is 288 g/mol. The van der Waals surface area contributed by atoms with E-state index in [1.165, 1.54) is 0 Å². The fraction of sp³-hybridized carbons (Fsp3) is 1.00. The van der Waals surface area contributed by atoms with Gasteiger partial charge in [-0.25, -0.2) is 0 Å². The van der Waals surface area contributed by atoms with Crippen molar-refractivity contribution < 1.29 is 20.1 Å². The van der Waals surface area contributed by atoms with Crippen LogP contribution in [0.3, 0.4) is 0 Å². The molecule has 0 aromatic carbocycles. The molecule has 3 unspecified atom stereocenters. The summed E-state index contributed by atoms with van der Waals surface area (Å²) < 4.78 is 4.82. The number of aliphatic hydroxyl groups excluding tert-OH is 3. The van der Waals surface area contributed by atoms with Gasteiger partial charge in [0.25, 0.3) is 0 Å². The van der Waals surface area contributed by atoms with Gasteiger partial charge in [0.2, 0.25) is 0 Å². The first-order chi connectivity index (χ1) is 5.57. The van der Waals surface area contributed by atoms with Crippen molar-refractivity contribution in [2.75, 3.05) is 6.61 Å². The normalized spacial score (nSPS) is 49.2. The second kappa shape index (κ2) is 4.19. The highest BCUT2D eigenvalue weighted by atomic mass is 127. The van der Waals surface area contributed by atoms with Crippen molar-refractivity contribution in [3.05, 3.63) is 0 Å². The number of alkyl halides is 1. The lowest BCUT2D eigenvalue weighted by molar-refractivity contribution is -0.170. The maximum absolute atomic E-state index is 9.47. The second-order valence-electron chi connectivity index (χ2n) is 3.05. The average Bonchev–Trinajstić information content (AvgIpc) is 2.08.